The largest absolute Gasteiger partial charge is 0.444 e. The van der Waals surface area contributed by atoms with Crippen LogP contribution >= 0.6 is 0 Å². The van der Waals surface area contributed by atoms with Crippen molar-refractivity contribution < 1.29 is 18.7 Å². The number of hydrogen-bond donors (Lipinski definition) is 2. The van der Waals surface area contributed by atoms with Gasteiger partial charge in [0.05, 0.1) is 5.69 Å². The molecule has 1 aromatic carbocycles. The van der Waals surface area contributed by atoms with Gasteiger partial charge in [0.2, 0.25) is 5.91 Å². The molecule has 1 rings (SSSR count). The predicted octanol–water partition coefficient (Wildman–Crippen LogP) is 3.91. The number of hydrogen-bond acceptors (Lipinski definition) is 3. The summed E-state index contributed by atoms with van der Waals surface area (Å²) in [4.78, 5) is 23.4. The van der Waals surface area contributed by atoms with Crippen LogP contribution in [0, 0.1) is 18.2 Å². The van der Waals surface area contributed by atoms with E-state index in [4.69, 9.17) is 11.2 Å². The zero-order valence-electron chi connectivity index (χ0n) is 13.5. The van der Waals surface area contributed by atoms with Crippen LogP contribution in [0.25, 0.3) is 0 Å². The second kappa shape index (κ2) is 8.18. The summed E-state index contributed by atoms with van der Waals surface area (Å²) >= 11 is 0. The first kappa shape index (κ1) is 18.5. The number of halogens is 1. The van der Waals surface area contributed by atoms with Crippen LogP contribution in [0.1, 0.15) is 40.0 Å². The van der Waals surface area contributed by atoms with Crippen LogP contribution in [0.3, 0.4) is 0 Å². The van der Waals surface area contributed by atoms with Gasteiger partial charge in [0.25, 0.3) is 0 Å². The number of terminal acetylenes is 1. The maximum absolute atomic E-state index is 13.7. The lowest BCUT2D eigenvalue weighted by Crippen LogP contribution is -2.27. The quantitative estimate of drug-likeness (QED) is 0.638. The maximum Gasteiger partial charge on any atom is 0.412 e. The first-order valence-corrected chi connectivity index (χ1v) is 7.24. The lowest BCUT2D eigenvalue weighted by molar-refractivity contribution is -0.116. The summed E-state index contributed by atoms with van der Waals surface area (Å²) in [5, 5.41) is 4.94. The summed E-state index contributed by atoms with van der Waals surface area (Å²) in [6.07, 6.45) is 5.66. The van der Waals surface area contributed by atoms with Crippen molar-refractivity contribution in [2.24, 2.45) is 0 Å². The summed E-state index contributed by atoms with van der Waals surface area (Å²) in [5.74, 6) is 1.50. The van der Waals surface area contributed by atoms with Gasteiger partial charge in [-0.25, -0.2) is 9.18 Å². The molecular weight excluding hydrogens is 299 g/mol. The van der Waals surface area contributed by atoms with Gasteiger partial charge < -0.3 is 10.1 Å². The molecule has 2 amide bonds. The molecule has 0 unspecified atom stereocenters. The second-order valence-electron chi connectivity index (χ2n) is 5.93. The maximum atomic E-state index is 13.7. The van der Waals surface area contributed by atoms with Crippen LogP contribution < -0.4 is 10.6 Å². The molecule has 1 aromatic rings. The number of anilines is 2. The molecule has 0 spiro atoms. The van der Waals surface area contributed by atoms with Crippen molar-refractivity contribution in [1.29, 1.82) is 0 Å². The summed E-state index contributed by atoms with van der Waals surface area (Å²) < 4.78 is 18.8. The average molecular weight is 320 g/mol. The lowest BCUT2D eigenvalue weighted by Gasteiger charge is -2.19. The lowest BCUT2D eigenvalue weighted by atomic mass is 10.2. The Balaban J connectivity index is 2.70. The summed E-state index contributed by atoms with van der Waals surface area (Å²) in [7, 11) is 0. The van der Waals surface area contributed by atoms with E-state index in [1.807, 2.05) is 0 Å². The highest BCUT2D eigenvalue weighted by molar-refractivity contribution is 5.92. The number of ether oxygens (including phenoxy) is 1. The number of unbranched alkanes of at least 4 members (excludes halogenated alkanes) is 1. The van der Waals surface area contributed by atoms with E-state index in [0.717, 1.165) is 6.07 Å². The van der Waals surface area contributed by atoms with Gasteiger partial charge in [0.1, 0.15) is 11.4 Å². The van der Waals surface area contributed by atoms with Crippen molar-refractivity contribution >= 4 is 23.4 Å². The van der Waals surface area contributed by atoms with E-state index in [1.165, 1.54) is 12.1 Å². The molecular formula is C17H21FN2O3. The first-order valence-electron chi connectivity index (χ1n) is 7.24. The fourth-order valence-corrected chi connectivity index (χ4v) is 1.68. The van der Waals surface area contributed by atoms with E-state index in [9.17, 15) is 14.0 Å². The standard InChI is InChI=1S/C17H21FN2O3/c1-5-6-7-8-15(21)20-14-11-12(9-10-13(14)18)19-16(22)23-17(2,3)4/h1,9-11H,6-8H2,2-4H3,(H,19,22)(H,20,21). The van der Waals surface area contributed by atoms with Gasteiger partial charge in [-0.2, -0.15) is 0 Å². The minimum absolute atomic E-state index is 0.00994. The summed E-state index contributed by atoms with van der Waals surface area (Å²) in [6.45, 7) is 5.21. The first-order chi connectivity index (χ1) is 10.7. The molecule has 0 aromatic heterocycles. The molecule has 6 heteroatoms. The molecule has 0 aliphatic rings. The smallest absolute Gasteiger partial charge is 0.412 e. The Bertz CT molecular complexity index is 615. The van der Waals surface area contributed by atoms with Gasteiger partial charge in [0.15, 0.2) is 0 Å². The molecule has 0 saturated carbocycles. The Morgan fingerprint density at radius 2 is 2.00 bits per heavy atom. The molecule has 0 radical (unpaired) electrons. The molecule has 0 aliphatic carbocycles. The van der Waals surface area contributed by atoms with Crippen LogP contribution in [0.5, 0.6) is 0 Å². The zero-order valence-corrected chi connectivity index (χ0v) is 13.5. The summed E-state index contributed by atoms with van der Waals surface area (Å²) in [6, 6.07) is 3.87. The van der Waals surface area contributed by atoms with Crippen LogP contribution in [-0.2, 0) is 9.53 Å². The van der Waals surface area contributed by atoms with E-state index in [2.05, 4.69) is 16.6 Å². The Morgan fingerprint density at radius 1 is 1.30 bits per heavy atom. The molecule has 124 valence electrons. The van der Waals surface area contributed by atoms with Gasteiger partial charge in [-0.3, -0.25) is 10.1 Å². The number of amides is 2. The van der Waals surface area contributed by atoms with E-state index < -0.39 is 17.5 Å². The fraction of sp³-hybridized carbons (Fsp3) is 0.412. The third-order valence-electron chi connectivity index (χ3n) is 2.61. The van der Waals surface area contributed by atoms with Crippen LogP contribution in [-0.4, -0.2) is 17.6 Å². The number of rotatable bonds is 5. The highest BCUT2D eigenvalue weighted by Gasteiger charge is 2.17. The van der Waals surface area contributed by atoms with Crippen molar-refractivity contribution in [3.63, 3.8) is 0 Å². The highest BCUT2D eigenvalue weighted by Crippen LogP contribution is 2.21. The van der Waals surface area contributed by atoms with Gasteiger partial charge in [-0.1, -0.05) is 0 Å². The molecule has 0 aliphatic heterocycles. The monoisotopic (exact) mass is 320 g/mol. The number of benzene rings is 1. The topological polar surface area (TPSA) is 67.4 Å². The molecule has 0 saturated heterocycles. The van der Waals surface area contributed by atoms with Crippen LogP contribution in [0.15, 0.2) is 18.2 Å². The molecule has 23 heavy (non-hydrogen) atoms. The molecule has 2 N–H and O–H groups in total. The van der Waals surface area contributed by atoms with Crippen molar-refractivity contribution in [2.45, 2.75) is 45.6 Å². The average Bonchev–Trinajstić information content (AvgIpc) is 2.40. The van der Waals surface area contributed by atoms with Crippen LogP contribution in [0.2, 0.25) is 0 Å². The zero-order chi connectivity index (χ0) is 17.5. The summed E-state index contributed by atoms with van der Waals surface area (Å²) in [5.41, 5.74) is -0.332. The van der Waals surface area contributed by atoms with E-state index in [1.54, 1.807) is 20.8 Å². The van der Waals surface area contributed by atoms with Gasteiger partial charge in [-0.05, 0) is 45.4 Å². The predicted molar refractivity (Wildman–Crippen MR) is 87.6 cm³/mol. The number of carbonyl (C=O) groups excluding carboxylic acids is 2. The highest BCUT2D eigenvalue weighted by atomic mass is 19.1. The fourth-order valence-electron chi connectivity index (χ4n) is 1.68. The molecule has 0 bridgehead atoms. The molecule has 5 nitrogen and oxygen atoms in total. The Hall–Kier alpha value is -2.55. The third-order valence-corrected chi connectivity index (χ3v) is 2.61. The van der Waals surface area contributed by atoms with E-state index >= 15 is 0 Å². The molecule has 0 heterocycles. The Morgan fingerprint density at radius 3 is 2.61 bits per heavy atom. The van der Waals surface area contributed by atoms with Crippen molar-refractivity contribution in [2.75, 3.05) is 10.6 Å². The van der Waals surface area contributed by atoms with Crippen molar-refractivity contribution in [3.05, 3.63) is 24.0 Å². The number of carbonyl (C=O) groups is 2. The van der Waals surface area contributed by atoms with Crippen LogP contribution in [0.4, 0.5) is 20.6 Å². The SMILES string of the molecule is C#CCCCC(=O)Nc1cc(NC(=O)OC(C)(C)C)ccc1F. The number of nitrogens with one attached hydrogen (secondary N) is 2. The molecule has 0 fully saturated rings. The van der Waals surface area contributed by atoms with E-state index in [0.29, 0.717) is 18.5 Å². The van der Waals surface area contributed by atoms with Gasteiger partial charge in [-0.15, -0.1) is 12.3 Å². The minimum Gasteiger partial charge on any atom is -0.444 e. The normalized spacial score (nSPS) is 10.6. The minimum atomic E-state index is -0.657. The van der Waals surface area contributed by atoms with Crippen molar-refractivity contribution in [3.8, 4) is 12.3 Å². The van der Waals surface area contributed by atoms with E-state index in [-0.39, 0.29) is 18.0 Å². The molecule has 0 atom stereocenters. The Labute approximate surface area is 135 Å². The third kappa shape index (κ3) is 7.32. The van der Waals surface area contributed by atoms with Crippen molar-refractivity contribution in [1.82, 2.24) is 0 Å². The Kier molecular flexibility index (Phi) is 6.58. The second-order valence-corrected chi connectivity index (χ2v) is 5.93. The van der Waals surface area contributed by atoms with Gasteiger partial charge >= 0.3 is 6.09 Å². The van der Waals surface area contributed by atoms with Gasteiger partial charge in [0, 0.05) is 18.5 Å².